The van der Waals surface area contributed by atoms with Crippen molar-refractivity contribution >= 4 is 5.78 Å². The lowest BCUT2D eigenvalue weighted by Crippen LogP contribution is -2.22. The first kappa shape index (κ1) is 17.6. The highest BCUT2D eigenvalue weighted by atomic mass is 16.5. The van der Waals surface area contributed by atoms with Crippen LogP contribution in [-0.4, -0.2) is 19.0 Å². The molecule has 0 aliphatic rings. The van der Waals surface area contributed by atoms with Crippen molar-refractivity contribution in [1.82, 2.24) is 0 Å². The number of carbonyl (C=O) groups is 1. The minimum absolute atomic E-state index is 0.0640. The van der Waals surface area contributed by atoms with Gasteiger partial charge >= 0.3 is 0 Å². The summed E-state index contributed by atoms with van der Waals surface area (Å²) in [6, 6.07) is 0. The third-order valence-corrected chi connectivity index (χ3v) is 2.97. The van der Waals surface area contributed by atoms with Gasteiger partial charge in [-0.05, 0) is 23.7 Å². The third-order valence-electron chi connectivity index (χ3n) is 2.97. The minimum atomic E-state index is 0.0640. The van der Waals surface area contributed by atoms with E-state index in [1.807, 2.05) is 0 Å². The van der Waals surface area contributed by atoms with E-state index in [1.165, 1.54) is 6.42 Å². The summed E-state index contributed by atoms with van der Waals surface area (Å²) >= 11 is 0. The number of carbonyl (C=O) groups excluding carboxylic acids is 1. The summed E-state index contributed by atoms with van der Waals surface area (Å²) in [4.78, 5) is 12.0. The number of unbranched alkanes of at least 4 members (excludes halogenated alkanes) is 1. The summed E-state index contributed by atoms with van der Waals surface area (Å²) < 4.78 is 5.58. The molecule has 0 N–H and O–H groups in total. The molecule has 0 amide bonds. The molecule has 0 atom stereocenters. The summed E-state index contributed by atoms with van der Waals surface area (Å²) in [5.74, 6) is 0.376. The Bertz CT molecular complexity index is 236. The first-order valence-electron chi connectivity index (χ1n) is 7.26. The van der Waals surface area contributed by atoms with E-state index in [2.05, 4.69) is 41.5 Å². The van der Waals surface area contributed by atoms with Crippen molar-refractivity contribution in [3.63, 3.8) is 0 Å². The van der Waals surface area contributed by atoms with Gasteiger partial charge in [0, 0.05) is 26.1 Å². The number of rotatable bonds is 9. The maximum atomic E-state index is 12.0. The smallest absolute Gasteiger partial charge is 0.133 e. The summed E-state index contributed by atoms with van der Waals surface area (Å²) in [5.41, 5.74) is 0.166. The molecule has 0 fully saturated rings. The van der Waals surface area contributed by atoms with Crippen LogP contribution in [0.2, 0.25) is 0 Å². The zero-order chi connectivity index (χ0) is 14.2. The molecular formula is C16H32O2. The van der Waals surface area contributed by atoms with Crippen molar-refractivity contribution in [2.75, 3.05) is 13.2 Å². The highest BCUT2D eigenvalue weighted by Gasteiger charge is 2.24. The highest BCUT2D eigenvalue weighted by Crippen LogP contribution is 2.29. The van der Waals surface area contributed by atoms with E-state index < -0.39 is 0 Å². The summed E-state index contributed by atoms with van der Waals surface area (Å²) in [6.45, 7) is 14.5. The van der Waals surface area contributed by atoms with Gasteiger partial charge < -0.3 is 4.74 Å². The third kappa shape index (κ3) is 10.8. The second-order valence-corrected chi connectivity index (χ2v) is 7.33. The van der Waals surface area contributed by atoms with E-state index in [-0.39, 0.29) is 10.8 Å². The van der Waals surface area contributed by atoms with Crippen LogP contribution >= 0.6 is 0 Å². The number of ether oxygens (including phenoxy) is 1. The Labute approximate surface area is 113 Å². The van der Waals surface area contributed by atoms with Gasteiger partial charge in [-0.25, -0.2) is 0 Å². The lowest BCUT2D eigenvalue weighted by Gasteiger charge is -2.26. The summed E-state index contributed by atoms with van der Waals surface area (Å²) in [6.07, 6.45) is 4.61. The molecule has 0 saturated heterocycles. The molecule has 0 spiro atoms. The molecule has 0 aromatic heterocycles. The fourth-order valence-corrected chi connectivity index (χ4v) is 1.97. The molecule has 18 heavy (non-hydrogen) atoms. The predicted octanol–water partition coefficient (Wildman–Crippen LogP) is 4.61. The molecule has 2 heteroatoms. The van der Waals surface area contributed by atoms with E-state index in [0.29, 0.717) is 18.6 Å². The topological polar surface area (TPSA) is 26.3 Å². The summed E-state index contributed by atoms with van der Waals surface area (Å²) in [7, 11) is 0. The Kier molecular flexibility index (Phi) is 7.77. The first-order chi connectivity index (χ1) is 8.16. The van der Waals surface area contributed by atoms with Gasteiger partial charge in [-0.15, -0.1) is 0 Å². The van der Waals surface area contributed by atoms with Crippen LogP contribution in [0.4, 0.5) is 0 Å². The number of Topliss-reactive ketones (excluding diaryl/α,β-unsaturated/α-hetero) is 1. The van der Waals surface area contributed by atoms with Crippen LogP contribution in [0, 0.1) is 10.8 Å². The monoisotopic (exact) mass is 256 g/mol. The molecule has 108 valence electrons. The van der Waals surface area contributed by atoms with Gasteiger partial charge in [0.1, 0.15) is 5.78 Å². The molecule has 2 nitrogen and oxygen atoms in total. The van der Waals surface area contributed by atoms with Gasteiger partial charge in [-0.3, -0.25) is 4.79 Å². The number of ketones is 1. The van der Waals surface area contributed by atoms with Crippen LogP contribution < -0.4 is 0 Å². The van der Waals surface area contributed by atoms with E-state index in [0.717, 1.165) is 26.1 Å². The predicted molar refractivity (Wildman–Crippen MR) is 77.8 cm³/mol. The Morgan fingerprint density at radius 1 is 1.00 bits per heavy atom. The largest absolute Gasteiger partial charge is 0.381 e. The number of hydrogen-bond donors (Lipinski definition) is 0. The zero-order valence-electron chi connectivity index (χ0n) is 13.3. The van der Waals surface area contributed by atoms with Crippen LogP contribution in [0.15, 0.2) is 0 Å². The second-order valence-electron chi connectivity index (χ2n) is 7.33. The lowest BCUT2D eigenvalue weighted by molar-refractivity contribution is -0.122. The van der Waals surface area contributed by atoms with Gasteiger partial charge in [0.15, 0.2) is 0 Å². The Hall–Kier alpha value is -0.370. The fourth-order valence-electron chi connectivity index (χ4n) is 1.97. The van der Waals surface area contributed by atoms with Gasteiger partial charge in [0.05, 0.1) is 0 Å². The Morgan fingerprint density at radius 3 is 2.11 bits per heavy atom. The zero-order valence-corrected chi connectivity index (χ0v) is 13.3. The van der Waals surface area contributed by atoms with Gasteiger partial charge in [-0.2, -0.15) is 0 Å². The quantitative estimate of drug-likeness (QED) is 0.563. The molecule has 0 heterocycles. The molecule has 0 aromatic rings. The normalized spacial score (nSPS) is 12.8. The van der Waals surface area contributed by atoms with Gasteiger partial charge in [0.2, 0.25) is 0 Å². The molecule has 0 rings (SSSR count). The highest BCUT2D eigenvalue weighted by molar-refractivity contribution is 5.79. The molecule has 0 saturated carbocycles. The van der Waals surface area contributed by atoms with E-state index in [9.17, 15) is 4.79 Å². The second kappa shape index (κ2) is 7.93. The Morgan fingerprint density at radius 2 is 1.61 bits per heavy atom. The van der Waals surface area contributed by atoms with Crippen molar-refractivity contribution < 1.29 is 9.53 Å². The fraction of sp³-hybridized carbons (Fsp3) is 0.938. The molecule has 0 aromatic carbocycles. The standard InChI is InChI=1S/C16H32O2/c1-7-8-10-18-11-9-16(5,6)13-14(17)12-15(2,3)4/h7-13H2,1-6H3. The van der Waals surface area contributed by atoms with E-state index >= 15 is 0 Å². The Balaban J connectivity index is 3.88. The molecular weight excluding hydrogens is 224 g/mol. The van der Waals surface area contributed by atoms with Gasteiger partial charge in [-0.1, -0.05) is 48.0 Å². The molecule has 0 aliphatic carbocycles. The van der Waals surface area contributed by atoms with Crippen molar-refractivity contribution in [2.45, 2.75) is 73.6 Å². The average Bonchev–Trinajstić information content (AvgIpc) is 2.12. The SMILES string of the molecule is CCCCOCCC(C)(C)CC(=O)CC(C)(C)C. The van der Waals surface area contributed by atoms with Crippen molar-refractivity contribution in [3.05, 3.63) is 0 Å². The van der Waals surface area contributed by atoms with Crippen molar-refractivity contribution in [2.24, 2.45) is 10.8 Å². The van der Waals surface area contributed by atoms with Crippen LogP contribution in [0.1, 0.15) is 73.6 Å². The first-order valence-corrected chi connectivity index (χ1v) is 7.26. The maximum Gasteiger partial charge on any atom is 0.133 e. The number of hydrogen-bond acceptors (Lipinski definition) is 2. The molecule has 0 unspecified atom stereocenters. The summed E-state index contributed by atoms with van der Waals surface area (Å²) in [5, 5.41) is 0. The molecule has 0 bridgehead atoms. The van der Waals surface area contributed by atoms with Crippen molar-refractivity contribution in [3.8, 4) is 0 Å². The van der Waals surface area contributed by atoms with Crippen LogP contribution in [-0.2, 0) is 9.53 Å². The lowest BCUT2D eigenvalue weighted by atomic mass is 9.80. The van der Waals surface area contributed by atoms with Crippen LogP contribution in [0.25, 0.3) is 0 Å². The molecule has 0 radical (unpaired) electrons. The average molecular weight is 256 g/mol. The van der Waals surface area contributed by atoms with Gasteiger partial charge in [0.25, 0.3) is 0 Å². The maximum absolute atomic E-state index is 12.0. The van der Waals surface area contributed by atoms with E-state index in [1.54, 1.807) is 0 Å². The van der Waals surface area contributed by atoms with Crippen molar-refractivity contribution in [1.29, 1.82) is 0 Å². The van der Waals surface area contributed by atoms with Crippen LogP contribution in [0.3, 0.4) is 0 Å². The van der Waals surface area contributed by atoms with E-state index in [4.69, 9.17) is 4.74 Å². The molecule has 0 aliphatic heterocycles. The minimum Gasteiger partial charge on any atom is -0.381 e. The van der Waals surface area contributed by atoms with Crippen LogP contribution in [0.5, 0.6) is 0 Å².